The average molecular weight is 649 g/mol. The molecule has 2 saturated heterocycles. The van der Waals surface area contributed by atoms with Crippen molar-refractivity contribution in [2.24, 2.45) is 0 Å². The van der Waals surface area contributed by atoms with Gasteiger partial charge in [-0.2, -0.15) is 8.61 Å². The van der Waals surface area contributed by atoms with Gasteiger partial charge in [0, 0.05) is 62.1 Å². The molecule has 2 aromatic heterocycles. The van der Waals surface area contributed by atoms with Gasteiger partial charge in [-0.05, 0) is 79.6 Å². The number of nitrogens with zero attached hydrogens (tertiary/aromatic N) is 4. The lowest BCUT2D eigenvalue weighted by atomic mass is 9.86. The molecule has 45 heavy (non-hydrogen) atoms. The monoisotopic (exact) mass is 648 g/mol. The van der Waals surface area contributed by atoms with Crippen LogP contribution in [0.15, 0.2) is 107 Å². The first kappa shape index (κ1) is 31.5. The van der Waals surface area contributed by atoms with Crippen molar-refractivity contribution < 1.29 is 27.0 Å². The summed E-state index contributed by atoms with van der Waals surface area (Å²) in [5.41, 5.74) is 0.965. The van der Waals surface area contributed by atoms with Gasteiger partial charge in [-0.3, -0.25) is 9.97 Å². The zero-order valence-corrected chi connectivity index (χ0v) is 26.4. The summed E-state index contributed by atoms with van der Waals surface area (Å²) in [6, 6.07) is 20.6. The summed E-state index contributed by atoms with van der Waals surface area (Å²) in [5.74, 6) is 0. The molecular formula is C33H36N4O6S2. The quantitative estimate of drug-likeness (QED) is 0.296. The van der Waals surface area contributed by atoms with Crippen LogP contribution in [0, 0.1) is 0 Å². The summed E-state index contributed by atoms with van der Waals surface area (Å²) in [4.78, 5) is 8.53. The fourth-order valence-electron chi connectivity index (χ4n) is 6.14. The van der Waals surface area contributed by atoms with Crippen LogP contribution in [0.2, 0.25) is 0 Å². The molecule has 4 aromatic rings. The minimum Gasteiger partial charge on any atom is -0.385 e. The third-order valence-corrected chi connectivity index (χ3v) is 12.9. The second-order valence-corrected chi connectivity index (χ2v) is 15.7. The Balaban J connectivity index is 1.06. The van der Waals surface area contributed by atoms with Crippen molar-refractivity contribution in [3.8, 4) is 0 Å². The third-order valence-electron chi connectivity index (χ3n) is 9.03. The van der Waals surface area contributed by atoms with Crippen LogP contribution in [0.4, 0.5) is 0 Å². The van der Waals surface area contributed by atoms with Crippen molar-refractivity contribution in [1.29, 1.82) is 0 Å². The fourth-order valence-corrected chi connectivity index (χ4v) is 9.02. The Kier molecular flexibility index (Phi) is 8.63. The van der Waals surface area contributed by atoms with Crippen LogP contribution < -0.4 is 0 Å². The van der Waals surface area contributed by atoms with Crippen LogP contribution in [0.3, 0.4) is 0 Å². The van der Waals surface area contributed by atoms with Crippen LogP contribution in [-0.2, 0) is 37.7 Å². The van der Waals surface area contributed by atoms with E-state index in [-0.39, 0.29) is 61.7 Å². The van der Waals surface area contributed by atoms with E-state index >= 15 is 0 Å². The molecule has 2 N–H and O–H groups in total. The minimum absolute atomic E-state index is 0.191. The third kappa shape index (κ3) is 6.44. The van der Waals surface area contributed by atoms with Crippen molar-refractivity contribution in [2.75, 3.05) is 26.2 Å². The Labute approximate surface area is 264 Å². The van der Waals surface area contributed by atoms with E-state index in [1.807, 2.05) is 12.1 Å². The van der Waals surface area contributed by atoms with Crippen molar-refractivity contribution in [3.63, 3.8) is 0 Å². The van der Waals surface area contributed by atoms with Gasteiger partial charge in [0.1, 0.15) is 0 Å². The van der Waals surface area contributed by atoms with E-state index in [0.29, 0.717) is 17.5 Å². The molecule has 0 bridgehead atoms. The number of rotatable bonds is 8. The SMILES string of the molecule is O=S(=O)(c1ccc(Cc2ccc(S(=O)(=O)N3CCC(O)(c4cccnc4)CC3)cc2)cc1)N1CCC(O)(c2cccnc2)CC1. The Hall–Kier alpha value is -3.52. The van der Waals surface area contributed by atoms with Gasteiger partial charge in [0.2, 0.25) is 20.0 Å². The van der Waals surface area contributed by atoms with Gasteiger partial charge in [-0.1, -0.05) is 36.4 Å². The van der Waals surface area contributed by atoms with Gasteiger partial charge in [0.05, 0.1) is 21.0 Å². The van der Waals surface area contributed by atoms with E-state index in [2.05, 4.69) is 9.97 Å². The normalized spacial score (nSPS) is 19.2. The lowest BCUT2D eigenvalue weighted by molar-refractivity contribution is -0.0103. The van der Waals surface area contributed by atoms with Crippen molar-refractivity contribution in [1.82, 2.24) is 18.6 Å². The molecule has 2 fully saturated rings. The van der Waals surface area contributed by atoms with Crippen molar-refractivity contribution >= 4 is 20.0 Å². The molecule has 236 valence electrons. The molecule has 12 heteroatoms. The fraction of sp³-hybridized carbons (Fsp3) is 0.333. The molecule has 0 unspecified atom stereocenters. The summed E-state index contributed by atoms with van der Waals surface area (Å²) in [5, 5.41) is 22.1. The topological polar surface area (TPSA) is 141 Å². The first-order valence-corrected chi connectivity index (χ1v) is 17.8. The summed E-state index contributed by atoms with van der Waals surface area (Å²) in [7, 11) is -7.45. The zero-order chi connectivity index (χ0) is 31.7. The molecule has 0 aliphatic carbocycles. The number of benzene rings is 2. The number of pyridine rings is 2. The van der Waals surface area contributed by atoms with Crippen LogP contribution in [0.25, 0.3) is 0 Å². The second kappa shape index (κ2) is 12.3. The number of hydrogen-bond donors (Lipinski definition) is 2. The molecule has 0 radical (unpaired) electrons. The van der Waals surface area contributed by atoms with E-state index in [9.17, 15) is 27.0 Å². The summed E-state index contributed by atoms with van der Waals surface area (Å²) < 4.78 is 56.1. The number of hydrogen-bond acceptors (Lipinski definition) is 8. The van der Waals surface area contributed by atoms with E-state index in [1.54, 1.807) is 85.5 Å². The van der Waals surface area contributed by atoms with Crippen molar-refractivity contribution in [3.05, 3.63) is 120 Å². The minimum atomic E-state index is -3.72. The highest BCUT2D eigenvalue weighted by Crippen LogP contribution is 2.36. The van der Waals surface area contributed by atoms with Crippen LogP contribution in [-0.4, -0.2) is 71.8 Å². The lowest BCUT2D eigenvalue weighted by Gasteiger charge is -2.37. The largest absolute Gasteiger partial charge is 0.385 e. The Morgan fingerprint density at radius 1 is 0.578 bits per heavy atom. The van der Waals surface area contributed by atoms with Crippen LogP contribution >= 0.6 is 0 Å². The van der Waals surface area contributed by atoms with Crippen molar-refractivity contribution in [2.45, 2.75) is 53.1 Å². The maximum absolute atomic E-state index is 13.3. The standard InChI is InChI=1S/C33H36N4O6S2/c38-32(28-3-1-17-34-24-28)13-19-36(20-14-32)44(40,41)30-9-5-26(6-10-30)23-27-7-11-31(12-8-27)45(42,43)37-21-15-33(39,16-22-37)29-4-2-18-35-25-29/h1-12,17-18,24-25,38-39H,13-16,19-23H2. The molecule has 0 atom stereocenters. The molecule has 0 amide bonds. The van der Waals surface area contributed by atoms with Gasteiger partial charge >= 0.3 is 0 Å². The van der Waals surface area contributed by atoms with Gasteiger partial charge in [0.15, 0.2) is 0 Å². The predicted octanol–water partition coefficient (Wildman–Crippen LogP) is 3.41. The average Bonchev–Trinajstić information content (AvgIpc) is 3.06. The number of sulfonamides is 2. The Morgan fingerprint density at radius 3 is 1.24 bits per heavy atom. The predicted molar refractivity (Wildman–Crippen MR) is 168 cm³/mol. The Morgan fingerprint density at radius 2 is 0.933 bits per heavy atom. The van der Waals surface area contributed by atoms with Crippen LogP contribution in [0.5, 0.6) is 0 Å². The first-order valence-electron chi connectivity index (χ1n) is 14.9. The molecule has 6 rings (SSSR count). The van der Waals surface area contributed by atoms with E-state index < -0.39 is 31.2 Å². The highest BCUT2D eigenvalue weighted by molar-refractivity contribution is 7.89. The molecule has 2 aromatic carbocycles. The first-order chi connectivity index (χ1) is 21.5. The molecule has 10 nitrogen and oxygen atoms in total. The van der Waals surface area contributed by atoms with E-state index in [4.69, 9.17) is 0 Å². The highest BCUT2D eigenvalue weighted by atomic mass is 32.2. The van der Waals surface area contributed by atoms with Gasteiger partial charge in [0.25, 0.3) is 0 Å². The van der Waals surface area contributed by atoms with Gasteiger partial charge < -0.3 is 10.2 Å². The Bertz CT molecular complexity index is 1680. The van der Waals surface area contributed by atoms with Gasteiger partial charge in [-0.15, -0.1) is 0 Å². The number of aromatic nitrogens is 2. The second-order valence-electron chi connectivity index (χ2n) is 11.8. The van der Waals surface area contributed by atoms with E-state index in [0.717, 1.165) is 11.1 Å². The molecule has 2 aliphatic heterocycles. The highest BCUT2D eigenvalue weighted by Gasteiger charge is 2.39. The number of piperidine rings is 2. The molecular weight excluding hydrogens is 613 g/mol. The molecule has 0 saturated carbocycles. The van der Waals surface area contributed by atoms with E-state index in [1.165, 1.54) is 8.61 Å². The smallest absolute Gasteiger partial charge is 0.243 e. The lowest BCUT2D eigenvalue weighted by Crippen LogP contribution is -2.45. The maximum atomic E-state index is 13.3. The van der Waals surface area contributed by atoms with Gasteiger partial charge in [-0.25, -0.2) is 16.8 Å². The number of aliphatic hydroxyl groups is 2. The summed E-state index contributed by atoms with van der Waals surface area (Å²) in [6.45, 7) is 0.808. The van der Waals surface area contributed by atoms with Crippen LogP contribution in [0.1, 0.15) is 47.9 Å². The zero-order valence-electron chi connectivity index (χ0n) is 24.7. The summed E-state index contributed by atoms with van der Waals surface area (Å²) >= 11 is 0. The maximum Gasteiger partial charge on any atom is 0.243 e. The molecule has 4 heterocycles. The summed E-state index contributed by atoms with van der Waals surface area (Å²) in [6.07, 6.45) is 8.16. The molecule has 2 aliphatic rings. The molecule has 0 spiro atoms.